The minimum atomic E-state index is -1.13. The van der Waals surface area contributed by atoms with Gasteiger partial charge in [-0.05, 0) is 43.7 Å². The Balaban J connectivity index is 0.00000336. The van der Waals surface area contributed by atoms with Crippen LogP contribution in [0.1, 0.15) is 42.6 Å². The fourth-order valence-electron chi connectivity index (χ4n) is 5.03. The Morgan fingerprint density at radius 1 is 1.16 bits per heavy atom. The fourth-order valence-corrected chi connectivity index (χ4v) is 5.20. The van der Waals surface area contributed by atoms with Gasteiger partial charge in [-0.1, -0.05) is 29.8 Å². The molecule has 3 amide bonds. The van der Waals surface area contributed by atoms with Gasteiger partial charge in [0.2, 0.25) is 11.8 Å². The fraction of sp³-hybridized carbons (Fsp3) is 0.370. The molecule has 2 aliphatic rings. The second-order valence-corrected chi connectivity index (χ2v) is 10.9. The third-order valence-electron chi connectivity index (χ3n) is 7.17. The Morgan fingerprint density at radius 2 is 1.87 bits per heavy atom. The van der Waals surface area contributed by atoms with Gasteiger partial charge in [-0.15, -0.1) is 12.4 Å². The number of likely N-dealkylation sites (tertiary alicyclic amines) is 1. The first kappa shape index (κ1) is 27.8. The summed E-state index contributed by atoms with van der Waals surface area (Å²) in [6.45, 7) is 4.06. The maximum absolute atomic E-state index is 13.7. The molecule has 6 N–H and O–H groups in total. The van der Waals surface area contributed by atoms with E-state index >= 15 is 0 Å². The molecule has 2 aromatic carbocycles. The molecule has 0 radical (unpaired) electrons. The number of H-pyrrole nitrogens is 1. The van der Waals surface area contributed by atoms with E-state index in [1.165, 1.54) is 0 Å². The highest BCUT2D eigenvalue weighted by Crippen LogP contribution is 2.33. The zero-order valence-electron chi connectivity index (χ0n) is 21.3. The molecule has 9 nitrogen and oxygen atoms in total. The molecule has 5 rings (SSSR count). The zero-order chi connectivity index (χ0) is 26.4. The first-order valence-corrected chi connectivity index (χ1v) is 12.8. The molecule has 2 aliphatic heterocycles. The van der Waals surface area contributed by atoms with E-state index in [4.69, 9.17) is 17.3 Å². The van der Waals surface area contributed by atoms with E-state index in [1.54, 1.807) is 36.9 Å². The summed E-state index contributed by atoms with van der Waals surface area (Å²) < 4.78 is 0. The number of nitrogens with zero attached hydrogens (tertiary/aromatic N) is 1. The van der Waals surface area contributed by atoms with Crippen LogP contribution in [0.25, 0.3) is 10.9 Å². The molecule has 11 heteroatoms. The monoisotopic (exact) mass is 558 g/mol. The van der Waals surface area contributed by atoms with E-state index in [-0.39, 0.29) is 24.2 Å². The molecule has 1 aromatic heterocycles. The lowest BCUT2D eigenvalue weighted by molar-refractivity contribution is -0.138. The second kappa shape index (κ2) is 10.5. The second-order valence-electron chi connectivity index (χ2n) is 10.5. The van der Waals surface area contributed by atoms with E-state index in [9.17, 15) is 14.4 Å². The molecule has 1 saturated heterocycles. The molecule has 202 valence electrons. The maximum Gasteiger partial charge on any atom is 0.255 e. The Morgan fingerprint density at radius 3 is 2.58 bits per heavy atom. The van der Waals surface area contributed by atoms with Gasteiger partial charge in [-0.2, -0.15) is 0 Å². The van der Waals surface area contributed by atoms with Crippen LogP contribution in [0.3, 0.4) is 0 Å². The Hall–Kier alpha value is -3.27. The first-order chi connectivity index (χ1) is 17.5. The van der Waals surface area contributed by atoms with Crippen LogP contribution in [0, 0.1) is 0 Å². The summed E-state index contributed by atoms with van der Waals surface area (Å²) in [6, 6.07) is 12.3. The van der Waals surface area contributed by atoms with Crippen LogP contribution < -0.4 is 21.7 Å². The van der Waals surface area contributed by atoms with Gasteiger partial charge in [-0.3, -0.25) is 14.4 Å². The average Bonchev–Trinajstić information content (AvgIpc) is 3.26. The predicted molar refractivity (Wildman–Crippen MR) is 151 cm³/mol. The normalized spacial score (nSPS) is 17.2. The predicted octanol–water partition coefficient (Wildman–Crippen LogP) is 3.18. The van der Waals surface area contributed by atoms with Crippen molar-refractivity contribution in [3.8, 4) is 0 Å². The number of aromatic amines is 1. The number of carbonyl (C=O) groups is 3. The van der Waals surface area contributed by atoms with Gasteiger partial charge in [0, 0.05) is 60.2 Å². The molecular formula is C27H32Cl2N6O3. The maximum atomic E-state index is 13.7. The van der Waals surface area contributed by atoms with E-state index in [1.807, 2.05) is 30.5 Å². The highest BCUT2D eigenvalue weighted by Gasteiger charge is 2.42. The smallest absolute Gasteiger partial charge is 0.255 e. The van der Waals surface area contributed by atoms with Crippen molar-refractivity contribution < 1.29 is 14.4 Å². The van der Waals surface area contributed by atoms with Crippen molar-refractivity contribution in [1.29, 1.82) is 0 Å². The lowest BCUT2D eigenvalue weighted by Gasteiger charge is -2.46. The number of fused-ring (bicyclic) bond motifs is 2. The summed E-state index contributed by atoms with van der Waals surface area (Å²) in [6.07, 6.45) is 3.24. The third-order valence-corrected chi connectivity index (χ3v) is 7.40. The molecule has 0 bridgehead atoms. The molecule has 3 heterocycles. The molecule has 3 aromatic rings. The first-order valence-electron chi connectivity index (χ1n) is 12.4. The lowest BCUT2D eigenvalue weighted by Crippen LogP contribution is -2.64. The molecule has 1 fully saturated rings. The number of rotatable bonds is 5. The van der Waals surface area contributed by atoms with Crippen molar-refractivity contribution in [2.45, 2.75) is 50.4 Å². The van der Waals surface area contributed by atoms with Crippen molar-refractivity contribution in [3.63, 3.8) is 0 Å². The van der Waals surface area contributed by atoms with Crippen LogP contribution in [-0.4, -0.2) is 57.9 Å². The molecule has 0 aliphatic carbocycles. The van der Waals surface area contributed by atoms with Gasteiger partial charge in [0.25, 0.3) is 5.91 Å². The number of aromatic nitrogens is 1. The number of benzene rings is 2. The Kier molecular flexibility index (Phi) is 7.65. The van der Waals surface area contributed by atoms with Crippen molar-refractivity contribution in [1.82, 2.24) is 20.5 Å². The molecule has 1 spiro atoms. The molecule has 0 unspecified atom stereocenters. The Bertz CT molecular complexity index is 1370. The summed E-state index contributed by atoms with van der Waals surface area (Å²) in [5, 5.41) is 10.9. The lowest BCUT2D eigenvalue weighted by atomic mass is 9.91. The van der Waals surface area contributed by atoms with E-state index < -0.39 is 23.2 Å². The minimum absolute atomic E-state index is 0. The quantitative estimate of drug-likeness (QED) is 0.328. The summed E-state index contributed by atoms with van der Waals surface area (Å²) in [4.78, 5) is 44.3. The number of nitrogens with one attached hydrogen (secondary N) is 4. The van der Waals surface area contributed by atoms with Crippen LogP contribution in [0.5, 0.6) is 0 Å². The van der Waals surface area contributed by atoms with Gasteiger partial charge in [0.15, 0.2) is 0 Å². The van der Waals surface area contributed by atoms with Crippen molar-refractivity contribution >= 4 is 58.3 Å². The number of nitrogens with two attached hydrogens (primary N) is 1. The van der Waals surface area contributed by atoms with Crippen LogP contribution in [-0.2, 0) is 16.0 Å². The van der Waals surface area contributed by atoms with E-state index in [0.717, 1.165) is 22.2 Å². The summed E-state index contributed by atoms with van der Waals surface area (Å²) >= 11 is 6.06. The van der Waals surface area contributed by atoms with Gasteiger partial charge in [0.05, 0.1) is 11.1 Å². The average molecular weight is 559 g/mol. The van der Waals surface area contributed by atoms with Crippen molar-refractivity contribution in [2.24, 2.45) is 5.73 Å². The van der Waals surface area contributed by atoms with Crippen LogP contribution in [0.2, 0.25) is 5.02 Å². The number of hydrogen-bond donors (Lipinski definition) is 5. The molecule has 1 atom stereocenters. The van der Waals surface area contributed by atoms with Gasteiger partial charge in [0.1, 0.15) is 11.7 Å². The number of anilines is 1. The summed E-state index contributed by atoms with van der Waals surface area (Å²) in [5.74, 6) is -0.756. The highest BCUT2D eigenvalue weighted by molar-refractivity contribution is 6.31. The minimum Gasteiger partial charge on any atom is -0.362 e. The summed E-state index contributed by atoms with van der Waals surface area (Å²) in [5.41, 5.74) is 7.38. The number of carbonyl (C=O) groups excluding carboxylic acids is 3. The van der Waals surface area contributed by atoms with E-state index in [0.29, 0.717) is 42.9 Å². The Labute approximate surface area is 232 Å². The zero-order valence-corrected chi connectivity index (χ0v) is 22.8. The van der Waals surface area contributed by atoms with Gasteiger partial charge < -0.3 is 31.6 Å². The molecular weight excluding hydrogens is 527 g/mol. The van der Waals surface area contributed by atoms with Crippen molar-refractivity contribution in [3.05, 3.63) is 64.8 Å². The SMILES string of the molecule is CC(C)(N)C(=O)N[C@H](Cc1c[nH]c2ccccc12)C(=O)N1CCC2(CC1)NC(=O)c1cc(Cl)ccc1N2.Cl. The van der Waals surface area contributed by atoms with E-state index in [2.05, 4.69) is 20.9 Å². The highest BCUT2D eigenvalue weighted by atomic mass is 35.5. The number of amides is 3. The largest absolute Gasteiger partial charge is 0.362 e. The van der Waals surface area contributed by atoms with Crippen LogP contribution in [0.4, 0.5) is 5.69 Å². The molecule has 0 saturated carbocycles. The van der Waals surface area contributed by atoms with Crippen molar-refractivity contribution in [2.75, 3.05) is 18.4 Å². The van der Waals surface area contributed by atoms with Crippen LogP contribution >= 0.6 is 24.0 Å². The topological polar surface area (TPSA) is 132 Å². The van der Waals surface area contributed by atoms with Crippen LogP contribution in [0.15, 0.2) is 48.7 Å². The van der Waals surface area contributed by atoms with Gasteiger partial charge >= 0.3 is 0 Å². The summed E-state index contributed by atoms with van der Waals surface area (Å²) in [7, 11) is 0. The third kappa shape index (κ3) is 5.45. The number of halogens is 2. The standard InChI is InChI=1S/C27H31ClN6O3.ClH/c1-26(2,29)25(37)31-22(13-16-15-30-20-6-4-3-5-18(16)20)24(36)34-11-9-27(10-12-34)32-21-8-7-17(28)14-19(21)23(35)33-27;/h3-8,14-15,22,30,32H,9-13,29H2,1-2H3,(H,31,37)(H,33,35);1H/t22-;/m1./s1. The number of piperidine rings is 1. The van der Waals surface area contributed by atoms with Gasteiger partial charge in [-0.25, -0.2) is 0 Å². The number of para-hydroxylation sites is 1. The molecule has 38 heavy (non-hydrogen) atoms. The number of hydrogen-bond acceptors (Lipinski definition) is 5.